The molecule has 2 aromatic heterocycles. The Balaban J connectivity index is 0.000000180. The average Bonchev–Trinajstić information content (AvgIpc) is 2.30. The van der Waals surface area contributed by atoms with E-state index in [1.807, 2.05) is 0 Å². The normalized spacial score (nSPS) is 9.56. The molecule has 0 unspecified atom stereocenters. The Hall–Kier alpha value is -1.66. The number of halogens is 2. The highest BCUT2D eigenvalue weighted by atomic mass is 35.5. The number of aryl methyl sites for hydroxylation is 2. The minimum absolute atomic E-state index is 0.195. The van der Waals surface area contributed by atoms with Crippen molar-refractivity contribution < 1.29 is 0 Å². The number of hydrogen-bond acceptors (Lipinski definition) is 4. The molecule has 6 nitrogen and oxygen atoms in total. The lowest BCUT2D eigenvalue weighted by Crippen LogP contribution is -2.09. The highest BCUT2D eigenvalue weighted by Gasteiger charge is 1.93. The van der Waals surface area contributed by atoms with Gasteiger partial charge >= 0.3 is 0 Å². The minimum Gasteiger partial charge on any atom is -0.268 e. The van der Waals surface area contributed by atoms with E-state index in [0.29, 0.717) is 21.4 Å². The molecule has 0 atom stereocenters. The zero-order valence-corrected chi connectivity index (χ0v) is 11.1. The third-order valence-corrected chi connectivity index (χ3v) is 2.47. The summed E-state index contributed by atoms with van der Waals surface area (Å²) in [4.78, 5) is 21.1. The summed E-state index contributed by atoms with van der Waals surface area (Å²) in [5.41, 5.74) is 0.853. The first kappa shape index (κ1) is 14.4. The van der Waals surface area contributed by atoms with Gasteiger partial charge in [0.25, 0.3) is 11.1 Å². The summed E-state index contributed by atoms with van der Waals surface area (Å²) >= 11 is 10.9. The first-order valence-electron chi connectivity index (χ1n) is 4.84. The number of rotatable bonds is 0. The molecule has 0 spiro atoms. The summed E-state index contributed by atoms with van der Waals surface area (Å²) in [6.07, 6.45) is 0. The first-order valence-corrected chi connectivity index (χ1v) is 5.59. The van der Waals surface area contributed by atoms with Gasteiger partial charge in [0.05, 0.1) is 0 Å². The standard InChI is InChI=1S/2C5H5ClN2O/c1-3-2-4(9)7-8-5(3)6;1-3-2-4(6)7-8-5(3)9/h2H,1H3,(H,7,9);2H,1H3,(H,8,9). The van der Waals surface area contributed by atoms with Crippen LogP contribution in [0.1, 0.15) is 11.1 Å². The van der Waals surface area contributed by atoms with E-state index >= 15 is 0 Å². The molecule has 0 aliphatic rings. The van der Waals surface area contributed by atoms with Crippen LogP contribution in [0.15, 0.2) is 21.7 Å². The maximum atomic E-state index is 10.6. The Kier molecular flexibility index (Phi) is 5.06. The van der Waals surface area contributed by atoms with E-state index in [-0.39, 0.29) is 11.1 Å². The molecule has 96 valence electrons. The molecule has 2 aromatic rings. The van der Waals surface area contributed by atoms with Gasteiger partial charge in [-0.25, -0.2) is 10.2 Å². The number of H-pyrrole nitrogens is 2. The van der Waals surface area contributed by atoms with Gasteiger partial charge in [0.15, 0.2) is 5.15 Å². The Labute approximate surface area is 112 Å². The molecule has 0 amide bonds. The lowest BCUT2D eigenvalue weighted by atomic mass is 10.3. The van der Waals surface area contributed by atoms with Crippen molar-refractivity contribution >= 4 is 23.2 Å². The van der Waals surface area contributed by atoms with E-state index in [0.717, 1.165) is 0 Å². The van der Waals surface area contributed by atoms with Crippen LogP contribution < -0.4 is 11.1 Å². The van der Waals surface area contributed by atoms with Gasteiger partial charge in [-0.15, -0.1) is 0 Å². The molecular weight excluding hydrogens is 279 g/mol. The van der Waals surface area contributed by atoms with Gasteiger partial charge in [-0.3, -0.25) is 9.59 Å². The van der Waals surface area contributed by atoms with Gasteiger partial charge in [0, 0.05) is 11.6 Å². The van der Waals surface area contributed by atoms with E-state index in [4.69, 9.17) is 23.2 Å². The smallest absolute Gasteiger partial charge is 0.267 e. The number of nitrogens with zero attached hydrogens (tertiary/aromatic N) is 2. The van der Waals surface area contributed by atoms with Gasteiger partial charge < -0.3 is 0 Å². The molecule has 0 aromatic carbocycles. The first-order chi connectivity index (χ1) is 8.40. The van der Waals surface area contributed by atoms with Gasteiger partial charge in [-0.2, -0.15) is 10.2 Å². The fourth-order valence-electron chi connectivity index (χ4n) is 0.950. The van der Waals surface area contributed by atoms with Crippen LogP contribution in [0, 0.1) is 13.8 Å². The Morgan fingerprint density at radius 2 is 1.67 bits per heavy atom. The van der Waals surface area contributed by atoms with E-state index in [2.05, 4.69) is 20.4 Å². The molecule has 0 fully saturated rings. The third-order valence-electron chi connectivity index (χ3n) is 1.90. The largest absolute Gasteiger partial charge is 0.268 e. The predicted molar refractivity (Wildman–Crippen MR) is 69.2 cm³/mol. The Morgan fingerprint density at radius 1 is 1.00 bits per heavy atom. The SMILES string of the molecule is Cc1cc(=O)[nH]nc1Cl.Cc1cc(Cl)n[nH]c1=O. The van der Waals surface area contributed by atoms with Crippen LogP contribution in [0.2, 0.25) is 10.3 Å². The van der Waals surface area contributed by atoms with Crippen molar-refractivity contribution in [1.82, 2.24) is 20.4 Å². The second kappa shape index (κ2) is 6.32. The average molecular weight is 289 g/mol. The van der Waals surface area contributed by atoms with E-state index in [9.17, 15) is 9.59 Å². The van der Waals surface area contributed by atoms with Crippen LogP contribution in [0.5, 0.6) is 0 Å². The zero-order valence-electron chi connectivity index (χ0n) is 9.62. The molecule has 2 heterocycles. The summed E-state index contributed by atoms with van der Waals surface area (Å²) in [7, 11) is 0. The quantitative estimate of drug-likeness (QED) is 0.768. The summed E-state index contributed by atoms with van der Waals surface area (Å²) in [6.45, 7) is 3.40. The topological polar surface area (TPSA) is 91.5 Å². The molecule has 0 bridgehead atoms. The molecular formula is C10H10Cl2N4O2. The summed E-state index contributed by atoms with van der Waals surface area (Å²) in [5, 5.41) is 12.1. The second-order valence-electron chi connectivity index (χ2n) is 3.41. The summed E-state index contributed by atoms with van der Waals surface area (Å²) < 4.78 is 0. The van der Waals surface area contributed by atoms with Crippen molar-refractivity contribution in [2.24, 2.45) is 0 Å². The molecule has 8 heteroatoms. The molecule has 2 N–H and O–H groups in total. The lowest BCUT2D eigenvalue weighted by molar-refractivity contribution is 0.970. The second-order valence-corrected chi connectivity index (χ2v) is 4.15. The summed E-state index contributed by atoms with van der Waals surface area (Å²) in [6, 6.07) is 2.91. The maximum absolute atomic E-state index is 10.6. The van der Waals surface area contributed by atoms with Crippen molar-refractivity contribution in [1.29, 1.82) is 0 Å². The molecule has 0 saturated heterocycles. The van der Waals surface area contributed by atoms with E-state index in [1.54, 1.807) is 13.8 Å². The highest BCUT2D eigenvalue weighted by Crippen LogP contribution is 2.04. The van der Waals surface area contributed by atoms with Gasteiger partial charge in [0.2, 0.25) is 0 Å². The van der Waals surface area contributed by atoms with Crippen LogP contribution in [-0.2, 0) is 0 Å². The molecule has 0 radical (unpaired) electrons. The number of aromatic amines is 2. The number of hydrogen-bond donors (Lipinski definition) is 2. The van der Waals surface area contributed by atoms with Crippen LogP contribution >= 0.6 is 23.2 Å². The van der Waals surface area contributed by atoms with Crippen LogP contribution in [0.3, 0.4) is 0 Å². The van der Waals surface area contributed by atoms with Crippen molar-refractivity contribution in [3.63, 3.8) is 0 Å². The van der Waals surface area contributed by atoms with E-state index < -0.39 is 0 Å². The number of nitrogens with one attached hydrogen (secondary N) is 2. The molecule has 0 aliphatic heterocycles. The maximum Gasteiger partial charge on any atom is 0.267 e. The third kappa shape index (κ3) is 4.31. The van der Waals surface area contributed by atoms with Crippen molar-refractivity contribution in [2.45, 2.75) is 13.8 Å². The highest BCUT2D eigenvalue weighted by molar-refractivity contribution is 6.30. The molecule has 2 rings (SSSR count). The van der Waals surface area contributed by atoms with E-state index in [1.165, 1.54) is 12.1 Å². The number of aromatic nitrogens is 4. The molecule has 0 aliphatic carbocycles. The summed E-state index contributed by atoms with van der Waals surface area (Å²) in [5.74, 6) is 0. The van der Waals surface area contributed by atoms with Crippen molar-refractivity contribution in [2.75, 3.05) is 0 Å². The van der Waals surface area contributed by atoms with Crippen LogP contribution in [0.25, 0.3) is 0 Å². The molecule has 18 heavy (non-hydrogen) atoms. The molecule has 0 saturated carbocycles. The van der Waals surface area contributed by atoms with Crippen LogP contribution in [0.4, 0.5) is 0 Å². The van der Waals surface area contributed by atoms with Crippen molar-refractivity contribution in [3.05, 3.63) is 54.3 Å². The minimum atomic E-state index is -0.225. The van der Waals surface area contributed by atoms with Gasteiger partial charge in [-0.05, 0) is 25.5 Å². The van der Waals surface area contributed by atoms with Crippen LogP contribution in [-0.4, -0.2) is 20.4 Å². The fraction of sp³-hybridized carbons (Fsp3) is 0.200. The van der Waals surface area contributed by atoms with Crippen molar-refractivity contribution in [3.8, 4) is 0 Å². The predicted octanol–water partition coefficient (Wildman–Crippen LogP) is 1.46. The van der Waals surface area contributed by atoms with Gasteiger partial charge in [-0.1, -0.05) is 23.2 Å². The fourth-order valence-corrected chi connectivity index (χ4v) is 1.25. The Bertz CT molecular complexity index is 651. The monoisotopic (exact) mass is 288 g/mol. The lowest BCUT2D eigenvalue weighted by Gasteiger charge is -1.89. The Morgan fingerprint density at radius 3 is 2.11 bits per heavy atom. The van der Waals surface area contributed by atoms with Gasteiger partial charge in [0.1, 0.15) is 5.15 Å². The zero-order chi connectivity index (χ0) is 13.7.